The van der Waals surface area contributed by atoms with Crippen LogP contribution in [0.2, 0.25) is 5.02 Å². The molecular weight excluding hydrogens is 265 g/mol. The first-order valence-corrected chi connectivity index (χ1v) is 5.16. The van der Waals surface area contributed by atoms with Gasteiger partial charge in [-0.1, -0.05) is 27.5 Å². The SMILES string of the molecule is CN=C(NN)c1cc(Cl)c(C)cc1Br. The van der Waals surface area contributed by atoms with E-state index in [4.69, 9.17) is 17.4 Å². The predicted molar refractivity (Wildman–Crippen MR) is 63.7 cm³/mol. The molecule has 5 heteroatoms. The van der Waals surface area contributed by atoms with E-state index in [0.717, 1.165) is 15.6 Å². The molecule has 14 heavy (non-hydrogen) atoms. The summed E-state index contributed by atoms with van der Waals surface area (Å²) in [5, 5.41) is 0.694. The van der Waals surface area contributed by atoms with E-state index < -0.39 is 0 Å². The molecule has 0 aliphatic rings. The lowest BCUT2D eigenvalue weighted by Crippen LogP contribution is -2.31. The average Bonchev–Trinajstić information content (AvgIpc) is 2.15. The molecule has 0 saturated carbocycles. The number of hydrogen-bond acceptors (Lipinski definition) is 2. The van der Waals surface area contributed by atoms with E-state index in [9.17, 15) is 0 Å². The standard InChI is InChI=1S/C9H11BrClN3/c1-5-3-7(10)6(4-8(5)11)9(13-2)14-12/h3-4H,12H2,1-2H3,(H,13,14). The molecule has 0 aliphatic carbocycles. The van der Waals surface area contributed by atoms with Crippen molar-refractivity contribution in [3.05, 3.63) is 32.8 Å². The van der Waals surface area contributed by atoms with Crippen LogP contribution >= 0.6 is 27.5 Å². The summed E-state index contributed by atoms with van der Waals surface area (Å²) >= 11 is 9.43. The molecule has 0 spiro atoms. The molecule has 3 N–H and O–H groups in total. The van der Waals surface area contributed by atoms with Gasteiger partial charge in [0.2, 0.25) is 0 Å². The highest BCUT2D eigenvalue weighted by Crippen LogP contribution is 2.25. The number of benzene rings is 1. The summed E-state index contributed by atoms with van der Waals surface area (Å²) in [5.74, 6) is 5.92. The number of nitrogens with two attached hydrogens (primary N) is 1. The van der Waals surface area contributed by atoms with E-state index in [1.54, 1.807) is 7.05 Å². The number of nitrogens with zero attached hydrogens (tertiary/aromatic N) is 1. The number of aliphatic imine (C=N–C) groups is 1. The van der Waals surface area contributed by atoms with Gasteiger partial charge in [-0.05, 0) is 24.6 Å². The Morgan fingerprint density at radius 1 is 1.57 bits per heavy atom. The number of aryl methyl sites for hydroxylation is 1. The van der Waals surface area contributed by atoms with Crippen LogP contribution < -0.4 is 11.3 Å². The van der Waals surface area contributed by atoms with E-state index in [1.165, 1.54) is 0 Å². The summed E-state index contributed by atoms with van der Waals surface area (Å²) in [6.45, 7) is 1.94. The second-order valence-electron chi connectivity index (χ2n) is 2.80. The van der Waals surface area contributed by atoms with Crippen LogP contribution in [0, 0.1) is 6.92 Å². The van der Waals surface area contributed by atoms with Crippen molar-refractivity contribution in [2.75, 3.05) is 7.05 Å². The van der Waals surface area contributed by atoms with Crippen molar-refractivity contribution >= 4 is 33.4 Å². The number of hydrogen-bond donors (Lipinski definition) is 2. The van der Waals surface area contributed by atoms with Gasteiger partial charge >= 0.3 is 0 Å². The fourth-order valence-electron chi connectivity index (χ4n) is 1.09. The smallest absolute Gasteiger partial charge is 0.143 e. The van der Waals surface area contributed by atoms with Crippen molar-refractivity contribution in [1.29, 1.82) is 0 Å². The quantitative estimate of drug-likeness (QED) is 0.358. The zero-order valence-corrected chi connectivity index (χ0v) is 10.3. The van der Waals surface area contributed by atoms with Gasteiger partial charge in [-0.25, -0.2) is 5.84 Å². The lowest BCUT2D eigenvalue weighted by Gasteiger charge is -2.09. The normalized spacial score (nSPS) is 11.6. The van der Waals surface area contributed by atoms with Gasteiger partial charge in [0.25, 0.3) is 0 Å². The van der Waals surface area contributed by atoms with Crippen LogP contribution in [0.25, 0.3) is 0 Å². The molecular formula is C9H11BrClN3. The van der Waals surface area contributed by atoms with Crippen molar-refractivity contribution in [2.24, 2.45) is 10.8 Å². The summed E-state index contributed by atoms with van der Waals surface area (Å²) in [6.07, 6.45) is 0. The zero-order valence-electron chi connectivity index (χ0n) is 7.94. The number of halogens is 2. The van der Waals surface area contributed by atoms with Gasteiger partial charge in [-0.15, -0.1) is 0 Å². The molecule has 76 valence electrons. The second-order valence-corrected chi connectivity index (χ2v) is 4.06. The predicted octanol–water partition coefficient (Wildman–Crippen LogP) is 2.25. The first kappa shape index (κ1) is 11.5. The van der Waals surface area contributed by atoms with Gasteiger partial charge in [-0.2, -0.15) is 0 Å². The Hall–Kier alpha value is -0.580. The fraction of sp³-hybridized carbons (Fsp3) is 0.222. The van der Waals surface area contributed by atoms with Crippen LogP contribution in [0.4, 0.5) is 0 Å². The topological polar surface area (TPSA) is 50.4 Å². The number of rotatable bonds is 1. The minimum absolute atomic E-state index is 0.596. The van der Waals surface area contributed by atoms with Gasteiger partial charge in [0, 0.05) is 22.1 Å². The average molecular weight is 277 g/mol. The Morgan fingerprint density at radius 3 is 2.71 bits per heavy atom. The molecule has 3 nitrogen and oxygen atoms in total. The highest BCUT2D eigenvalue weighted by molar-refractivity contribution is 9.10. The van der Waals surface area contributed by atoms with Crippen LogP contribution in [0.5, 0.6) is 0 Å². The van der Waals surface area contributed by atoms with Crippen LogP contribution in [0.15, 0.2) is 21.6 Å². The second kappa shape index (κ2) is 4.77. The summed E-state index contributed by atoms with van der Waals surface area (Å²) in [6, 6.07) is 3.75. The van der Waals surface area contributed by atoms with Crippen molar-refractivity contribution < 1.29 is 0 Å². The fourth-order valence-corrected chi connectivity index (χ4v) is 1.90. The first-order chi connectivity index (χ1) is 6.60. The molecule has 1 aromatic rings. The minimum atomic E-state index is 0.596. The molecule has 0 bridgehead atoms. The van der Waals surface area contributed by atoms with E-state index >= 15 is 0 Å². The molecule has 0 atom stereocenters. The maximum Gasteiger partial charge on any atom is 0.143 e. The maximum absolute atomic E-state index is 6.00. The van der Waals surface area contributed by atoms with Crippen molar-refractivity contribution in [1.82, 2.24) is 5.43 Å². The Bertz CT molecular complexity index is 377. The summed E-state index contributed by atoms with van der Waals surface area (Å²) in [7, 11) is 1.66. The molecule has 1 rings (SSSR count). The first-order valence-electron chi connectivity index (χ1n) is 3.99. The molecule has 0 unspecified atom stereocenters. The van der Waals surface area contributed by atoms with E-state index in [1.807, 2.05) is 19.1 Å². The third-order valence-corrected chi connectivity index (χ3v) is 2.93. The van der Waals surface area contributed by atoms with Crippen molar-refractivity contribution in [3.8, 4) is 0 Å². The molecule has 0 heterocycles. The maximum atomic E-state index is 6.00. The monoisotopic (exact) mass is 275 g/mol. The molecule has 1 aromatic carbocycles. The molecule has 0 radical (unpaired) electrons. The molecule has 0 aromatic heterocycles. The lowest BCUT2D eigenvalue weighted by atomic mass is 10.1. The van der Waals surface area contributed by atoms with Gasteiger partial charge in [-0.3, -0.25) is 4.99 Å². The lowest BCUT2D eigenvalue weighted by molar-refractivity contribution is 1.02. The van der Waals surface area contributed by atoms with Crippen LogP contribution in [0.3, 0.4) is 0 Å². The van der Waals surface area contributed by atoms with E-state index in [2.05, 4.69) is 26.3 Å². The largest absolute Gasteiger partial charge is 0.308 e. The highest BCUT2D eigenvalue weighted by Gasteiger charge is 2.08. The van der Waals surface area contributed by atoms with E-state index in [0.29, 0.717) is 10.9 Å². The minimum Gasteiger partial charge on any atom is -0.308 e. The Balaban J connectivity index is 3.28. The van der Waals surface area contributed by atoms with Crippen LogP contribution in [-0.2, 0) is 0 Å². The van der Waals surface area contributed by atoms with Crippen molar-refractivity contribution in [3.63, 3.8) is 0 Å². The molecule has 0 amide bonds. The zero-order chi connectivity index (χ0) is 10.7. The third-order valence-electron chi connectivity index (χ3n) is 1.86. The van der Waals surface area contributed by atoms with Crippen LogP contribution in [-0.4, -0.2) is 12.9 Å². The van der Waals surface area contributed by atoms with Gasteiger partial charge in [0.15, 0.2) is 0 Å². The molecule has 0 aliphatic heterocycles. The van der Waals surface area contributed by atoms with Crippen LogP contribution in [0.1, 0.15) is 11.1 Å². The number of nitrogens with one attached hydrogen (secondary N) is 1. The summed E-state index contributed by atoms with van der Waals surface area (Å²) < 4.78 is 0.915. The van der Waals surface area contributed by atoms with Gasteiger partial charge in [0.1, 0.15) is 5.84 Å². The molecule has 0 saturated heterocycles. The number of hydrazine groups is 1. The molecule has 0 fully saturated rings. The Labute approximate surface area is 96.5 Å². The Kier molecular flexibility index (Phi) is 3.92. The summed E-state index contributed by atoms with van der Waals surface area (Å²) in [4.78, 5) is 4.00. The Morgan fingerprint density at radius 2 is 2.21 bits per heavy atom. The van der Waals surface area contributed by atoms with Gasteiger partial charge < -0.3 is 5.43 Å². The highest BCUT2D eigenvalue weighted by atomic mass is 79.9. The van der Waals surface area contributed by atoms with Gasteiger partial charge in [0.05, 0.1) is 0 Å². The number of amidine groups is 1. The third kappa shape index (κ3) is 2.26. The summed E-state index contributed by atoms with van der Waals surface area (Å²) in [5.41, 5.74) is 4.38. The van der Waals surface area contributed by atoms with Crippen molar-refractivity contribution in [2.45, 2.75) is 6.92 Å². The van der Waals surface area contributed by atoms with E-state index in [-0.39, 0.29) is 0 Å².